The molecule has 0 radical (unpaired) electrons. The Kier molecular flexibility index (Phi) is 5.92. The Morgan fingerprint density at radius 3 is 2.74 bits per heavy atom. The molecule has 0 saturated carbocycles. The summed E-state index contributed by atoms with van der Waals surface area (Å²) in [7, 11) is 6.33. The van der Waals surface area contributed by atoms with E-state index in [0.717, 1.165) is 29.9 Å². The summed E-state index contributed by atoms with van der Waals surface area (Å²) in [6, 6.07) is 9.14. The number of pyridine rings is 1. The van der Waals surface area contributed by atoms with Gasteiger partial charge in [-0.2, -0.15) is 5.10 Å². The standard InChI is InChI=1S/C21H29N5.ClH/c1-15-19-20(26-13-8-7-9-16(26)12-14-24(2)3)17-10-5-6-11-18(17)22-21(19)25(4)23-15;/h5-6,10-11,16H,7-9,12-14H2,1-4H3;1H. The molecule has 4 rings (SSSR count). The molecule has 6 heteroatoms. The van der Waals surface area contributed by atoms with E-state index in [9.17, 15) is 0 Å². The van der Waals surface area contributed by atoms with Gasteiger partial charge in [-0.25, -0.2) is 4.98 Å². The third kappa shape index (κ3) is 3.63. The third-order valence-corrected chi connectivity index (χ3v) is 5.64. The fourth-order valence-electron chi connectivity index (χ4n) is 4.37. The highest BCUT2D eigenvalue weighted by molar-refractivity contribution is 6.08. The average Bonchev–Trinajstić information content (AvgIpc) is 2.92. The van der Waals surface area contributed by atoms with Crippen LogP contribution < -0.4 is 4.90 Å². The number of anilines is 1. The van der Waals surface area contributed by atoms with Gasteiger partial charge in [-0.15, -0.1) is 12.4 Å². The van der Waals surface area contributed by atoms with Crippen molar-refractivity contribution in [2.24, 2.45) is 7.05 Å². The lowest BCUT2D eigenvalue weighted by molar-refractivity contribution is 0.349. The van der Waals surface area contributed by atoms with E-state index >= 15 is 0 Å². The second-order valence-corrected chi connectivity index (χ2v) is 7.82. The Labute approximate surface area is 167 Å². The Hall–Kier alpha value is -1.85. The lowest BCUT2D eigenvalue weighted by atomic mass is 9.96. The molecular formula is C21H30ClN5. The van der Waals surface area contributed by atoms with Crippen LogP contribution in [0.1, 0.15) is 31.4 Å². The predicted octanol–water partition coefficient (Wildman–Crippen LogP) is 4.16. The van der Waals surface area contributed by atoms with Crippen molar-refractivity contribution < 1.29 is 0 Å². The predicted molar refractivity (Wildman–Crippen MR) is 116 cm³/mol. The molecule has 1 fully saturated rings. The molecule has 2 aromatic heterocycles. The van der Waals surface area contributed by atoms with Crippen molar-refractivity contribution in [3.05, 3.63) is 30.0 Å². The SMILES string of the molecule is Cc1nn(C)c2nc3ccccc3c(N3CCCCC3CCN(C)C)c12.Cl. The first kappa shape index (κ1) is 19.9. The second-order valence-electron chi connectivity index (χ2n) is 7.82. The number of para-hydroxylation sites is 1. The molecule has 0 aliphatic carbocycles. The van der Waals surface area contributed by atoms with Crippen molar-refractivity contribution in [3.63, 3.8) is 0 Å². The summed E-state index contributed by atoms with van der Waals surface area (Å²) in [5, 5.41) is 7.17. The maximum Gasteiger partial charge on any atom is 0.160 e. The van der Waals surface area contributed by atoms with Gasteiger partial charge in [0.15, 0.2) is 5.65 Å². The number of fused-ring (bicyclic) bond motifs is 2. The highest BCUT2D eigenvalue weighted by atomic mass is 35.5. The molecule has 1 aliphatic rings. The molecule has 146 valence electrons. The Bertz CT molecular complexity index is 933. The fourth-order valence-corrected chi connectivity index (χ4v) is 4.37. The van der Waals surface area contributed by atoms with Crippen LogP contribution in [0.3, 0.4) is 0 Å². The lowest BCUT2D eigenvalue weighted by Gasteiger charge is -2.39. The third-order valence-electron chi connectivity index (χ3n) is 5.64. The smallest absolute Gasteiger partial charge is 0.160 e. The fraction of sp³-hybridized carbons (Fsp3) is 0.524. The molecule has 1 aliphatic heterocycles. The van der Waals surface area contributed by atoms with E-state index < -0.39 is 0 Å². The number of hydrogen-bond donors (Lipinski definition) is 0. The van der Waals surface area contributed by atoms with E-state index in [0.29, 0.717) is 6.04 Å². The molecule has 0 spiro atoms. The van der Waals surface area contributed by atoms with Crippen molar-refractivity contribution in [2.45, 2.75) is 38.6 Å². The van der Waals surface area contributed by atoms with Crippen LogP contribution in [0.15, 0.2) is 24.3 Å². The van der Waals surface area contributed by atoms with E-state index in [1.807, 2.05) is 11.7 Å². The van der Waals surface area contributed by atoms with E-state index in [1.165, 1.54) is 42.1 Å². The summed E-state index contributed by atoms with van der Waals surface area (Å²) >= 11 is 0. The molecular weight excluding hydrogens is 358 g/mol. The minimum Gasteiger partial charge on any atom is -0.367 e. The first-order valence-corrected chi connectivity index (χ1v) is 9.69. The van der Waals surface area contributed by atoms with Gasteiger partial charge in [-0.1, -0.05) is 18.2 Å². The minimum atomic E-state index is 0. The summed E-state index contributed by atoms with van der Waals surface area (Å²) < 4.78 is 1.93. The van der Waals surface area contributed by atoms with Crippen molar-refractivity contribution in [2.75, 3.05) is 32.1 Å². The highest BCUT2D eigenvalue weighted by Crippen LogP contribution is 2.39. The van der Waals surface area contributed by atoms with Crippen LogP contribution in [0.5, 0.6) is 0 Å². The summed E-state index contributed by atoms with van der Waals surface area (Å²) in [6.45, 7) is 4.36. The quantitative estimate of drug-likeness (QED) is 0.673. The van der Waals surface area contributed by atoms with Crippen LogP contribution in [-0.2, 0) is 7.05 Å². The number of benzene rings is 1. The first-order valence-electron chi connectivity index (χ1n) is 9.69. The summed E-state index contributed by atoms with van der Waals surface area (Å²) in [4.78, 5) is 9.87. The van der Waals surface area contributed by atoms with E-state index in [-0.39, 0.29) is 12.4 Å². The van der Waals surface area contributed by atoms with Crippen LogP contribution in [0.4, 0.5) is 5.69 Å². The average molecular weight is 388 g/mol. The van der Waals surface area contributed by atoms with E-state index in [2.05, 4.69) is 60.2 Å². The van der Waals surface area contributed by atoms with Gasteiger partial charge in [0, 0.05) is 25.0 Å². The van der Waals surface area contributed by atoms with Crippen LogP contribution in [0.2, 0.25) is 0 Å². The summed E-state index contributed by atoms with van der Waals surface area (Å²) in [5.74, 6) is 0. The Balaban J connectivity index is 0.00000210. The molecule has 0 amide bonds. The first-order chi connectivity index (χ1) is 12.6. The summed E-state index contributed by atoms with van der Waals surface area (Å²) in [5.41, 5.74) is 4.48. The second kappa shape index (κ2) is 8.03. The highest BCUT2D eigenvalue weighted by Gasteiger charge is 2.27. The number of aromatic nitrogens is 3. The molecule has 1 unspecified atom stereocenters. The lowest BCUT2D eigenvalue weighted by Crippen LogP contribution is -2.41. The number of nitrogens with zero attached hydrogens (tertiary/aromatic N) is 5. The molecule has 5 nitrogen and oxygen atoms in total. The molecule has 27 heavy (non-hydrogen) atoms. The normalized spacial score (nSPS) is 17.7. The summed E-state index contributed by atoms with van der Waals surface area (Å²) in [6.07, 6.45) is 5.05. The largest absolute Gasteiger partial charge is 0.367 e. The molecule has 1 atom stereocenters. The number of hydrogen-bond acceptors (Lipinski definition) is 4. The van der Waals surface area contributed by atoms with Crippen molar-refractivity contribution in [1.82, 2.24) is 19.7 Å². The van der Waals surface area contributed by atoms with Gasteiger partial charge in [0.25, 0.3) is 0 Å². The molecule has 0 bridgehead atoms. The monoisotopic (exact) mass is 387 g/mol. The maximum atomic E-state index is 4.92. The maximum absolute atomic E-state index is 4.92. The Morgan fingerprint density at radius 1 is 1.19 bits per heavy atom. The molecule has 3 aromatic rings. The van der Waals surface area contributed by atoms with Gasteiger partial charge < -0.3 is 9.80 Å². The minimum absolute atomic E-state index is 0. The van der Waals surface area contributed by atoms with Gasteiger partial charge >= 0.3 is 0 Å². The van der Waals surface area contributed by atoms with Gasteiger partial charge in [0.2, 0.25) is 0 Å². The molecule has 1 aromatic carbocycles. The molecule has 1 saturated heterocycles. The van der Waals surface area contributed by atoms with Gasteiger partial charge in [0.05, 0.1) is 22.3 Å². The zero-order valence-corrected chi connectivity index (χ0v) is 17.6. The van der Waals surface area contributed by atoms with Crippen molar-refractivity contribution in [3.8, 4) is 0 Å². The van der Waals surface area contributed by atoms with Crippen LogP contribution in [0.25, 0.3) is 21.9 Å². The van der Waals surface area contributed by atoms with E-state index in [4.69, 9.17) is 4.98 Å². The molecule has 0 N–H and O–H groups in total. The van der Waals surface area contributed by atoms with Gasteiger partial charge in [-0.3, -0.25) is 4.68 Å². The van der Waals surface area contributed by atoms with Gasteiger partial charge in [0.1, 0.15) is 0 Å². The van der Waals surface area contributed by atoms with Crippen LogP contribution >= 0.6 is 12.4 Å². The number of halogens is 1. The topological polar surface area (TPSA) is 37.2 Å². The molecule has 3 heterocycles. The van der Waals surface area contributed by atoms with Crippen molar-refractivity contribution in [1.29, 1.82) is 0 Å². The zero-order valence-electron chi connectivity index (χ0n) is 16.8. The van der Waals surface area contributed by atoms with Gasteiger partial charge in [-0.05, 0) is 59.3 Å². The van der Waals surface area contributed by atoms with Crippen molar-refractivity contribution >= 4 is 40.0 Å². The van der Waals surface area contributed by atoms with Crippen LogP contribution in [0, 0.1) is 6.92 Å². The van der Waals surface area contributed by atoms with Crippen LogP contribution in [-0.4, -0.2) is 52.9 Å². The Morgan fingerprint density at radius 2 is 1.96 bits per heavy atom. The van der Waals surface area contributed by atoms with E-state index in [1.54, 1.807) is 0 Å². The number of piperidine rings is 1. The zero-order chi connectivity index (χ0) is 18.3. The number of rotatable bonds is 4. The number of aryl methyl sites for hydroxylation is 2.